The first-order chi connectivity index (χ1) is 8.19. The minimum absolute atomic E-state index is 0.352. The minimum atomic E-state index is -3.54. The minimum Gasteiger partial charge on any atom is -0.272 e. The van der Waals surface area contributed by atoms with Gasteiger partial charge in [-0.2, -0.15) is 0 Å². The lowest BCUT2D eigenvalue weighted by molar-refractivity contribution is -0.133. The predicted molar refractivity (Wildman–Crippen MR) is 72.4 cm³/mol. The van der Waals surface area contributed by atoms with Crippen molar-refractivity contribution in [2.24, 2.45) is 0 Å². The maximum absolute atomic E-state index is 12.1. The monoisotopic (exact) mass is 331 g/mol. The molecule has 1 fully saturated rings. The van der Waals surface area contributed by atoms with Crippen molar-refractivity contribution in [3.8, 4) is 0 Å². The second-order valence-electron chi connectivity index (χ2n) is 4.85. The summed E-state index contributed by atoms with van der Waals surface area (Å²) >= 11 is 3.33. The molecule has 98 valence electrons. The molecule has 1 atom stereocenters. The highest BCUT2D eigenvalue weighted by atomic mass is 79.9. The van der Waals surface area contributed by atoms with E-state index in [4.69, 9.17) is 0 Å². The number of amides is 1. The van der Waals surface area contributed by atoms with Gasteiger partial charge in [0.05, 0.1) is 6.04 Å². The van der Waals surface area contributed by atoms with Gasteiger partial charge in [-0.05, 0) is 38.5 Å². The number of halogens is 1. The Morgan fingerprint density at radius 3 is 2.44 bits per heavy atom. The molecule has 18 heavy (non-hydrogen) atoms. The van der Waals surface area contributed by atoms with E-state index < -0.39 is 20.8 Å². The van der Waals surface area contributed by atoms with Gasteiger partial charge >= 0.3 is 0 Å². The summed E-state index contributed by atoms with van der Waals surface area (Å²) in [5, 5.41) is 0. The molecule has 2 rings (SSSR count). The Morgan fingerprint density at radius 1 is 1.33 bits per heavy atom. The molecule has 0 aromatic heterocycles. The molecule has 0 saturated carbocycles. The van der Waals surface area contributed by atoms with Crippen LogP contribution in [0.25, 0.3) is 0 Å². The summed E-state index contributed by atoms with van der Waals surface area (Å²) < 4.78 is 24.7. The van der Waals surface area contributed by atoms with Crippen LogP contribution in [-0.4, -0.2) is 23.4 Å². The maximum atomic E-state index is 12.1. The molecule has 0 N–H and O–H groups in total. The van der Waals surface area contributed by atoms with Gasteiger partial charge < -0.3 is 0 Å². The van der Waals surface area contributed by atoms with Crippen LogP contribution in [0.4, 0.5) is 0 Å². The lowest BCUT2D eigenvalue weighted by atomic mass is 10.1. The van der Waals surface area contributed by atoms with Crippen LogP contribution < -0.4 is 0 Å². The second kappa shape index (κ2) is 4.06. The van der Waals surface area contributed by atoms with Gasteiger partial charge in [-0.3, -0.25) is 4.79 Å². The lowest BCUT2D eigenvalue weighted by Crippen LogP contribution is -2.67. The van der Waals surface area contributed by atoms with E-state index in [9.17, 15) is 13.2 Å². The number of benzene rings is 1. The average Bonchev–Trinajstić information content (AvgIpc) is 2.28. The zero-order valence-electron chi connectivity index (χ0n) is 10.3. The van der Waals surface area contributed by atoms with Crippen molar-refractivity contribution in [1.82, 2.24) is 4.31 Å². The zero-order chi connectivity index (χ0) is 13.7. The molecular weight excluding hydrogens is 318 g/mol. The van der Waals surface area contributed by atoms with Gasteiger partial charge in [-0.15, -0.1) is 0 Å². The van der Waals surface area contributed by atoms with E-state index in [1.807, 2.05) is 24.3 Å². The topological polar surface area (TPSA) is 54.5 Å². The van der Waals surface area contributed by atoms with Crippen molar-refractivity contribution in [3.63, 3.8) is 0 Å². The first kappa shape index (κ1) is 13.5. The highest BCUT2D eigenvalue weighted by Gasteiger charge is 2.61. The van der Waals surface area contributed by atoms with E-state index in [1.54, 1.807) is 6.92 Å². The Balaban J connectivity index is 2.38. The fourth-order valence-corrected chi connectivity index (χ4v) is 4.06. The Hall–Kier alpha value is -0.880. The molecule has 1 unspecified atom stereocenters. The third-order valence-electron chi connectivity index (χ3n) is 3.30. The highest BCUT2D eigenvalue weighted by molar-refractivity contribution is 9.10. The molecule has 0 aliphatic carbocycles. The van der Waals surface area contributed by atoms with Crippen molar-refractivity contribution in [2.45, 2.75) is 31.6 Å². The van der Waals surface area contributed by atoms with Gasteiger partial charge in [0.25, 0.3) is 15.9 Å². The van der Waals surface area contributed by atoms with E-state index in [1.165, 1.54) is 13.8 Å². The van der Waals surface area contributed by atoms with Crippen molar-refractivity contribution in [3.05, 3.63) is 34.3 Å². The number of hydrogen-bond acceptors (Lipinski definition) is 3. The van der Waals surface area contributed by atoms with Gasteiger partial charge in [0.15, 0.2) is 4.75 Å². The smallest absolute Gasteiger partial charge is 0.259 e. The number of carbonyl (C=O) groups is 1. The largest absolute Gasteiger partial charge is 0.272 e. The van der Waals surface area contributed by atoms with Gasteiger partial charge in [-0.25, -0.2) is 12.7 Å². The van der Waals surface area contributed by atoms with Crippen LogP contribution in [-0.2, 0) is 14.8 Å². The molecule has 1 aromatic rings. The first-order valence-electron chi connectivity index (χ1n) is 5.53. The summed E-state index contributed by atoms with van der Waals surface area (Å²) in [4.78, 5) is 11.9. The van der Waals surface area contributed by atoms with Gasteiger partial charge in [0.2, 0.25) is 0 Å². The van der Waals surface area contributed by atoms with Gasteiger partial charge in [-0.1, -0.05) is 28.1 Å². The number of nitrogens with zero attached hydrogens (tertiary/aromatic N) is 1. The van der Waals surface area contributed by atoms with Crippen molar-refractivity contribution >= 4 is 31.9 Å². The fraction of sp³-hybridized carbons (Fsp3) is 0.417. The quantitative estimate of drug-likeness (QED) is 0.836. The molecule has 1 heterocycles. The van der Waals surface area contributed by atoms with E-state index in [-0.39, 0.29) is 5.91 Å². The van der Waals surface area contributed by atoms with Crippen LogP contribution in [0.5, 0.6) is 0 Å². The number of rotatable bonds is 2. The van der Waals surface area contributed by atoms with Crippen molar-refractivity contribution < 1.29 is 13.2 Å². The Kier molecular flexibility index (Phi) is 3.06. The van der Waals surface area contributed by atoms with Crippen molar-refractivity contribution in [1.29, 1.82) is 0 Å². The molecule has 1 saturated heterocycles. The first-order valence-corrected chi connectivity index (χ1v) is 7.77. The Labute approximate surface area is 115 Å². The predicted octanol–water partition coefficient (Wildman–Crippen LogP) is 2.46. The molecule has 0 radical (unpaired) electrons. The summed E-state index contributed by atoms with van der Waals surface area (Å²) in [6.45, 7) is 4.59. The lowest BCUT2D eigenvalue weighted by Gasteiger charge is -2.46. The molecule has 0 spiro atoms. The highest BCUT2D eigenvalue weighted by Crippen LogP contribution is 2.41. The zero-order valence-corrected chi connectivity index (χ0v) is 12.7. The van der Waals surface area contributed by atoms with Gasteiger partial charge in [0.1, 0.15) is 0 Å². The number of hydrogen-bond donors (Lipinski definition) is 0. The van der Waals surface area contributed by atoms with E-state index in [0.717, 1.165) is 14.3 Å². The molecule has 4 nitrogen and oxygen atoms in total. The summed E-state index contributed by atoms with van der Waals surface area (Å²) in [5.74, 6) is -0.352. The second-order valence-corrected chi connectivity index (χ2v) is 8.13. The Morgan fingerprint density at radius 2 is 1.94 bits per heavy atom. The van der Waals surface area contributed by atoms with Crippen LogP contribution in [0.15, 0.2) is 28.7 Å². The van der Waals surface area contributed by atoms with Crippen LogP contribution >= 0.6 is 15.9 Å². The molecule has 1 aliphatic heterocycles. The third kappa shape index (κ3) is 1.70. The molecule has 1 aromatic carbocycles. The Bertz CT molecular complexity index is 610. The molecule has 0 bridgehead atoms. The third-order valence-corrected chi connectivity index (χ3v) is 6.26. The van der Waals surface area contributed by atoms with E-state index in [2.05, 4.69) is 15.9 Å². The van der Waals surface area contributed by atoms with Gasteiger partial charge in [0, 0.05) is 4.47 Å². The molecule has 1 aliphatic rings. The van der Waals surface area contributed by atoms with E-state index in [0.29, 0.717) is 0 Å². The number of carbonyl (C=O) groups excluding carboxylic acids is 1. The standard InChI is InChI=1S/C12H14BrNO3S/c1-8(9-5-4-6-10(13)7-9)14-11(15)12(2,3)18(14,16)17/h4-8H,1-3H3. The van der Waals surface area contributed by atoms with Crippen LogP contribution in [0.1, 0.15) is 32.4 Å². The SMILES string of the molecule is CC(c1cccc(Br)c1)N1C(=O)C(C)(C)S1(=O)=O. The normalized spacial score (nSPS) is 22.4. The summed E-state index contributed by atoms with van der Waals surface area (Å²) in [5.41, 5.74) is 0.789. The van der Waals surface area contributed by atoms with Crippen molar-refractivity contribution in [2.75, 3.05) is 0 Å². The average molecular weight is 332 g/mol. The summed E-state index contributed by atoms with van der Waals surface area (Å²) in [6, 6.07) is 6.82. The fourth-order valence-electron chi connectivity index (χ4n) is 1.98. The maximum Gasteiger partial charge on any atom is 0.259 e. The van der Waals surface area contributed by atoms with E-state index >= 15 is 0 Å². The van der Waals surface area contributed by atoms with Crippen LogP contribution in [0.3, 0.4) is 0 Å². The van der Waals surface area contributed by atoms with Crippen LogP contribution in [0, 0.1) is 0 Å². The molecule has 6 heteroatoms. The van der Waals surface area contributed by atoms with Crippen LogP contribution in [0.2, 0.25) is 0 Å². The number of sulfonamides is 1. The molecular formula is C12H14BrNO3S. The summed E-state index contributed by atoms with van der Waals surface area (Å²) in [6.07, 6.45) is 0. The summed E-state index contributed by atoms with van der Waals surface area (Å²) in [7, 11) is -3.54. The molecule has 1 amide bonds.